The Morgan fingerprint density at radius 2 is 1.46 bits per heavy atom. The molecule has 0 amide bonds. The predicted octanol–water partition coefficient (Wildman–Crippen LogP) is 4.26. The van der Waals surface area contributed by atoms with Gasteiger partial charge in [-0.25, -0.2) is 13.6 Å². The topological polar surface area (TPSA) is 81.8 Å². The van der Waals surface area contributed by atoms with Crippen molar-refractivity contribution in [3.8, 4) is 11.5 Å². The highest BCUT2D eigenvalue weighted by Gasteiger charge is 2.16. The van der Waals surface area contributed by atoms with Crippen molar-refractivity contribution in [3.05, 3.63) is 51.5 Å². The quantitative estimate of drug-likeness (QED) is 0.778. The van der Waals surface area contributed by atoms with Gasteiger partial charge in [-0.05, 0) is 24.3 Å². The van der Waals surface area contributed by atoms with E-state index in [2.05, 4.69) is 9.47 Å². The lowest BCUT2D eigenvalue weighted by molar-refractivity contribution is 0.0696. The highest BCUT2D eigenvalue weighted by Crippen LogP contribution is 2.32. The normalized spacial score (nSPS) is 9.75. The predicted molar refractivity (Wildman–Crippen MR) is 87.3 cm³/mol. The number of carboxylic acids is 1. The molecular weight excluding hydrogens is 367 g/mol. The van der Waals surface area contributed by atoms with Crippen molar-refractivity contribution in [2.75, 3.05) is 20.0 Å². The first-order valence-corrected chi connectivity index (χ1v) is 7.02. The molecule has 24 heavy (non-hydrogen) atoms. The monoisotopic (exact) mass is 379 g/mol. The van der Waals surface area contributed by atoms with Gasteiger partial charge in [0.1, 0.15) is 10.0 Å². The highest BCUT2D eigenvalue weighted by molar-refractivity contribution is 6.35. The van der Waals surface area contributed by atoms with Gasteiger partial charge in [-0.1, -0.05) is 23.2 Å². The van der Waals surface area contributed by atoms with Crippen LogP contribution in [0.15, 0.2) is 24.3 Å². The zero-order valence-electron chi connectivity index (χ0n) is 12.6. The largest absolute Gasteiger partial charge is 0.492 e. The van der Waals surface area contributed by atoms with Crippen LogP contribution >= 0.6 is 23.2 Å². The summed E-state index contributed by atoms with van der Waals surface area (Å²) >= 11 is 11.2. The van der Waals surface area contributed by atoms with E-state index < -0.39 is 17.6 Å². The van der Waals surface area contributed by atoms with E-state index in [1.807, 2.05) is 0 Å². The van der Waals surface area contributed by atoms with Crippen molar-refractivity contribution in [3.63, 3.8) is 0 Å². The molecule has 0 spiro atoms. The van der Waals surface area contributed by atoms with Gasteiger partial charge in [0, 0.05) is 0 Å². The van der Waals surface area contributed by atoms with Gasteiger partial charge in [-0.15, -0.1) is 0 Å². The van der Waals surface area contributed by atoms with Gasteiger partial charge in [-0.2, -0.15) is 0 Å². The number of nitrogen functional groups attached to an aromatic ring is 1. The molecule has 5 nitrogen and oxygen atoms in total. The van der Waals surface area contributed by atoms with E-state index in [0.717, 1.165) is 12.1 Å². The Hall–Kier alpha value is -2.25. The fraction of sp³-hybridized carbons (Fsp3) is 0.133. The molecule has 0 aliphatic carbocycles. The minimum atomic E-state index is -1.22. The highest BCUT2D eigenvalue weighted by atomic mass is 35.5. The fourth-order valence-corrected chi connectivity index (χ4v) is 2.16. The number of carboxylic acid groups (broad SMARTS) is 1. The molecule has 2 aromatic carbocycles. The lowest BCUT2D eigenvalue weighted by atomic mass is 10.2. The van der Waals surface area contributed by atoms with Crippen molar-refractivity contribution in [2.24, 2.45) is 0 Å². The second-order valence-corrected chi connectivity index (χ2v) is 4.99. The maximum Gasteiger partial charge on any atom is 0.337 e. The summed E-state index contributed by atoms with van der Waals surface area (Å²) in [7, 11) is 2.56. The van der Waals surface area contributed by atoms with E-state index in [-0.39, 0.29) is 27.1 Å². The Morgan fingerprint density at radius 1 is 1.00 bits per heavy atom. The molecule has 2 rings (SSSR count). The number of anilines is 1. The first-order chi connectivity index (χ1) is 11.2. The van der Waals surface area contributed by atoms with E-state index in [4.69, 9.17) is 34.0 Å². The molecule has 130 valence electrons. The smallest absolute Gasteiger partial charge is 0.337 e. The third-order valence-electron chi connectivity index (χ3n) is 2.77. The number of nitrogens with two attached hydrogens (primary N) is 1. The summed E-state index contributed by atoms with van der Waals surface area (Å²) in [5, 5.41) is 8.51. The van der Waals surface area contributed by atoms with Crippen LogP contribution in [0.3, 0.4) is 0 Å². The number of carbonyl (C=O) groups is 1. The molecule has 0 atom stereocenters. The lowest BCUT2D eigenvalue weighted by Gasteiger charge is -2.05. The minimum absolute atomic E-state index is 0.00772. The van der Waals surface area contributed by atoms with Gasteiger partial charge in [0.25, 0.3) is 0 Å². The number of hydrogen-bond donors (Lipinski definition) is 2. The van der Waals surface area contributed by atoms with Crippen LogP contribution in [0, 0.1) is 11.6 Å². The summed E-state index contributed by atoms with van der Waals surface area (Å²) in [4.78, 5) is 10.5. The summed E-state index contributed by atoms with van der Waals surface area (Å²) in [6, 6.07) is 4.68. The molecule has 0 aliphatic heterocycles. The van der Waals surface area contributed by atoms with E-state index in [9.17, 15) is 13.6 Å². The maximum atomic E-state index is 12.9. The first-order valence-electron chi connectivity index (χ1n) is 6.27. The summed E-state index contributed by atoms with van der Waals surface area (Å²) in [6.45, 7) is 0. The van der Waals surface area contributed by atoms with E-state index in [1.165, 1.54) is 26.4 Å². The van der Waals surface area contributed by atoms with E-state index in [0.29, 0.717) is 5.69 Å². The molecule has 9 heteroatoms. The molecular formula is C15H13Cl2F2NO4. The maximum absolute atomic E-state index is 12.9. The summed E-state index contributed by atoms with van der Waals surface area (Å²) in [5.74, 6) is -2.67. The van der Waals surface area contributed by atoms with E-state index >= 15 is 0 Å². The standard InChI is InChI=1S/C8H6ClFO3.C7H7ClFNO/c1-13-7-5(10)3-2-4(6(7)9)8(11)12;1-11-7-4(9)2-3-5(10)6(7)8/h2-3H,1H3,(H,11,12);2-3H,10H2,1H3. The Labute approximate surface area is 146 Å². The lowest BCUT2D eigenvalue weighted by Crippen LogP contribution is -2.00. The zero-order chi connectivity index (χ0) is 18.4. The molecule has 0 aromatic heterocycles. The molecule has 0 aliphatic rings. The minimum Gasteiger partial charge on any atom is -0.492 e. The van der Waals surface area contributed by atoms with Crippen LogP contribution in [0.1, 0.15) is 10.4 Å². The second kappa shape index (κ2) is 8.56. The molecule has 0 fully saturated rings. The summed E-state index contributed by atoms with van der Waals surface area (Å²) in [6.07, 6.45) is 0. The van der Waals surface area contributed by atoms with Crippen molar-refractivity contribution < 1.29 is 28.2 Å². The number of hydrogen-bond acceptors (Lipinski definition) is 4. The van der Waals surface area contributed by atoms with Gasteiger partial charge in [0.2, 0.25) is 0 Å². The zero-order valence-corrected chi connectivity index (χ0v) is 14.1. The second-order valence-electron chi connectivity index (χ2n) is 4.23. The molecule has 0 unspecified atom stereocenters. The van der Waals surface area contributed by atoms with Crippen LogP contribution in [0.25, 0.3) is 0 Å². The number of halogens is 4. The number of methoxy groups -OCH3 is 2. The third-order valence-corrected chi connectivity index (χ3v) is 3.53. The number of benzene rings is 2. The van der Waals surface area contributed by atoms with Crippen LogP contribution in [-0.4, -0.2) is 25.3 Å². The molecule has 3 N–H and O–H groups in total. The SMILES string of the molecule is COc1c(F)ccc(C(=O)O)c1Cl.COc1c(F)ccc(N)c1Cl. The van der Waals surface area contributed by atoms with Crippen LogP contribution in [0.4, 0.5) is 14.5 Å². The molecule has 0 bridgehead atoms. The van der Waals surface area contributed by atoms with E-state index in [1.54, 1.807) is 0 Å². The Balaban J connectivity index is 0.000000243. The van der Waals surface area contributed by atoms with Gasteiger partial charge in [0.15, 0.2) is 23.1 Å². The van der Waals surface area contributed by atoms with Crippen LogP contribution in [0.5, 0.6) is 11.5 Å². The summed E-state index contributed by atoms with van der Waals surface area (Å²) < 4.78 is 34.9. The number of ether oxygens (including phenoxy) is 2. The van der Waals surface area contributed by atoms with Crippen molar-refractivity contribution in [1.82, 2.24) is 0 Å². The molecule has 0 saturated carbocycles. The number of aromatic carboxylic acids is 1. The van der Waals surface area contributed by atoms with Crippen LogP contribution < -0.4 is 15.2 Å². The van der Waals surface area contributed by atoms with Crippen molar-refractivity contribution in [1.29, 1.82) is 0 Å². The van der Waals surface area contributed by atoms with Crippen molar-refractivity contribution >= 4 is 34.9 Å². The molecule has 2 aromatic rings. The van der Waals surface area contributed by atoms with Gasteiger partial charge >= 0.3 is 5.97 Å². The Bertz CT molecular complexity index is 757. The average molecular weight is 380 g/mol. The van der Waals surface area contributed by atoms with Gasteiger partial charge in [-0.3, -0.25) is 0 Å². The molecule has 0 radical (unpaired) electrons. The van der Waals surface area contributed by atoms with Crippen LogP contribution in [-0.2, 0) is 0 Å². The van der Waals surface area contributed by atoms with Crippen LogP contribution in [0.2, 0.25) is 10.0 Å². The first kappa shape index (κ1) is 19.8. The van der Waals surface area contributed by atoms with Gasteiger partial charge < -0.3 is 20.3 Å². The Morgan fingerprint density at radius 3 is 1.88 bits per heavy atom. The van der Waals surface area contributed by atoms with Gasteiger partial charge in [0.05, 0.1) is 25.5 Å². The molecule has 0 heterocycles. The van der Waals surface area contributed by atoms with Crippen molar-refractivity contribution in [2.45, 2.75) is 0 Å². The summed E-state index contributed by atoms with van der Waals surface area (Å²) in [5.41, 5.74) is 5.52. The third kappa shape index (κ3) is 4.39. The fourth-order valence-electron chi connectivity index (χ4n) is 1.62. The molecule has 0 saturated heterocycles. The average Bonchev–Trinajstić information content (AvgIpc) is 2.52. The Kier molecular flexibility index (Phi) is 7.06. The number of rotatable bonds is 3.